The van der Waals surface area contributed by atoms with Gasteiger partial charge in [0.2, 0.25) is 0 Å². The van der Waals surface area contributed by atoms with Crippen molar-refractivity contribution in [3.8, 4) is 28.7 Å². The molecule has 9 atom stereocenters. The highest BCUT2D eigenvalue weighted by Crippen LogP contribution is 2.50. The molecular weight excluding hydrogens is 556 g/mol. The van der Waals surface area contributed by atoms with Gasteiger partial charge in [-0.15, -0.1) is 0 Å². The van der Waals surface area contributed by atoms with Crippen LogP contribution in [-0.4, -0.2) is 114 Å². The van der Waals surface area contributed by atoms with Gasteiger partial charge in [-0.25, -0.2) is 0 Å². The molecule has 13 heteroatoms. The number of Topliss-reactive ketones (excluding diaryl/α,β-unsaturated/α-hetero) is 1. The summed E-state index contributed by atoms with van der Waals surface area (Å²) in [7, 11) is 3.04. The molecule has 13 nitrogen and oxygen atoms in total. The van der Waals surface area contributed by atoms with Gasteiger partial charge in [0.05, 0.1) is 38.9 Å². The van der Waals surface area contributed by atoms with Crippen LogP contribution in [0.1, 0.15) is 34.3 Å². The first kappa shape index (κ1) is 28.9. The van der Waals surface area contributed by atoms with E-state index >= 15 is 0 Å². The number of carbonyl (C=O) groups excluding carboxylic acids is 1. The molecule has 0 saturated carbocycles. The SMILES string of the molecule is COc1cc2c(cc1OC)C1C(=O)c3ccc4c(c3OC1CO2)CC(C(C)(CO)O[C@@H]1OC(CO)[C@@H](O)[C@H](O)C1O)O4. The average Bonchev–Trinajstić information content (AvgIpc) is 3.46. The molecule has 5 N–H and O–H groups in total. The Balaban J connectivity index is 1.27. The summed E-state index contributed by atoms with van der Waals surface area (Å²) in [6, 6.07) is 6.72. The predicted molar refractivity (Wildman–Crippen MR) is 141 cm³/mol. The van der Waals surface area contributed by atoms with E-state index in [4.69, 9.17) is 33.2 Å². The highest BCUT2D eigenvalue weighted by Gasteiger charge is 2.51. The number of hydrogen-bond donors (Lipinski definition) is 5. The van der Waals surface area contributed by atoms with Crippen molar-refractivity contribution in [2.24, 2.45) is 0 Å². The Morgan fingerprint density at radius 2 is 1.71 bits per heavy atom. The topological polar surface area (TPSA) is 183 Å². The van der Waals surface area contributed by atoms with Gasteiger partial charge < -0.3 is 58.7 Å². The van der Waals surface area contributed by atoms with Crippen LogP contribution in [0.25, 0.3) is 0 Å². The summed E-state index contributed by atoms with van der Waals surface area (Å²) in [5.41, 5.74) is 0.153. The first-order valence-electron chi connectivity index (χ1n) is 13.6. The number of carbonyl (C=O) groups is 1. The van der Waals surface area contributed by atoms with Crippen molar-refractivity contribution >= 4 is 5.78 Å². The van der Waals surface area contributed by atoms with Crippen LogP contribution < -0.4 is 23.7 Å². The van der Waals surface area contributed by atoms with Crippen molar-refractivity contribution in [1.82, 2.24) is 0 Å². The minimum absolute atomic E-state index is 0.126. The van der Waals surface area contributed by atoms with Crippen molar-refractivity contribution in [2.45, 2.75) is 67.8 Å². The number of aliphatic hydroxyl groups is 5. The lowest BCUT2D eigenvalue weighted by atomic mass is 9.81. The van der Waals surface area contributed by atoms with Crippen molar-refractivity contribution in [2.75, 3.05) is 34.0 Å². The minimum atomic E-state index is -1.66. The van der Waals surface area contributed by atoms with Gasteiger partial charge in [0.15, 0.2) is 23.6 Å². The molecule has 4 aliphatic heterocycles. The van der Waals surface area contributed by atoms with Gasteiger partial charge in [-0.1, -0.05) is 0 Å². The smallest absolute Gasteiger partial charge is 0.187 e. The van der Waals surface area contributed by atoms with Crippen LogP contribution in [0.2, 0.25) is 0 Å². The minimum Gasteiger partial charge on any atom is -0.493 e. The average molecular weight is 591 g/mol. The van der Waals surface area contributed by atoms with Crippen LogP contribution in [0, 0.1) is 0 Å². The number of ether oxygens (including phenoxy) is 7. The van der Waals surface area contributed by atoms with Gasteiger partial charge in [-0.05, 0) is 25.1 Å². The summed E-state index contributed by atoms with van der Waals surface area (Å²) in [4.78, 5) is 13.9. The van der Waals surface area contributed by atoms with Crippen LogP contribution >= 0.6 is 0 Å². The van der Waals surface area contributed by atoms with Crippen LogP contribution in [0.5, 0.6) is 28.7 Å². The highest BCUT2D eigenvalue weighted by atomic mass is 16.7. The van der Waals surface area contributed by atoms with Gasteiger partial charge in [0.25, 0.3) is 0 Å². The molecule has 0 aliphatic carbocycles. The van der Waals surface area contributed by atoms with Gasteiger partial charge in [-0.2, -0.15) is 0 Å². The molecule has 0 aromatic heterocycles. The first-order valence-corrected chi connectivity index (χ1v) is 13.6. The Bertz CT molecular complexity index is 1360. The standard InChI is InChI=1S/C29H34O13/c1-29(11-31,42-28-26(35)25(34)24(33)19(9-30)41-28)21-7-14-15(39-21)5-4-12-23(32)22-13-6-17(36-2)18(37-3)8-16(13)38-10-20(22)40-27(12)14/h4-6,8,19-22,24-26,28,30-31,33-35H,7,9-11H2,1-3H3/t19?,20?,21?,22?,24-,25+,26?,28+,29?/m1/s1. The molecule has 1 fully saturated rings. The number of benzene rings is 2. The van der Waals surface area contributed by atoms with E-state index in [1.54, 1.807) is 31.2 Å². The largest absolute Gasteiger partial charge is 0.493 e. The lowest BCUT2D eigenvalue weighted by Crippen LogP contribution is -2.62. The summed E-state index contributed by atoms with van der Waals surface area (Å²) in [5.74, 6) is 1.49. The van der Waals surface area contributed by atoms with E-state index in [0.29, 0.717) is 45.4 Å². The molecule has 4 heterocycles. The fourth-order valence-electron chi connectivity index (χ4n) is 6.05. The zero-order valence-corrected chi connectivity index (χ0v) is 23.3. The normalized spacial score (nSPS) is 32.6. The monoisotopic (exact) mass is 590 g/mol. The van der Waals surface area contributed by atoms with Crippen LogP contribution in [0.4, 0.5) is 0 Å². The summed E-state index contributed by atoms with van der Waals surface area (Å²) in [6.45, 7) is 0.484. The fraction of sp³-hybridized carbons (Fsp3) is 0.552. The van der Waals surface area contributed by atoms with Crippen molar-refractivity contribution in [3.63, 3.8) is 0 Å². The number of methoxy groups -OCH3 is 2. The third-order valence-corrected chi connectivity index (χ3v) is 8.55. The second-order valence-corrected chi connectivity index (χ2v) is 11.1. The van der Waals surface area contributed by atoms with E-state index in [0.717, 1.165) is 0 Å². The Morgan fingerprint density at radius 1 is 0.976 bits per heavy atom. The quantitative estimate of drug-likeness (QED) is 0.284. The van der Waals surface area contributed by atoms with Gasteiger partial charge in [0.1, 0.15) is 66.1 Å². The molecule has 1 saturated heterocycles. The second-order valence-electron chi connectivity index (χ2n) is 11.1. The third-order valence-electron chi connectivity index (χ3n) is 8.55. The van der Waals surface area contributed by atoms with E-state index in [-0.39, 0.29) is 18.8 Å². The molecular formula is C29H34O13. The van der Waals surface area contributed by atoms with E-state index < -0.39 is 67.6 Å². The molecule has 0 bridgehead atoms. The fourth-order valence-corrected chi connectivity index (χ4v) is 6.05. The molecule has 0 radical (unpaired) electrons. The van der Waals surface area contributed by atoms with E-state index in [2.05, 4.69) is 0 Å². The number of rotatable bonds is 7. The lowest BCUT2D eigenvalue weighted by molar-refractivity contribution is -0.335. The molecule has 6 rings (SSSR count). The summed E-state index contributed by atoms with van der Waals surface area (Å²) in [5, 5.41) is 50.6. The molecule has 0 amide bonds. The number of hydrogen-bond acceptors (Lipinski definition) is 13. The molecule has 4 aliphatic rings. The van der Waals surface area contributed by atoms with Gasteiger partial charge >= 0.3 is 0 Å². The highest BCUT2D eigenvalue weighted by molar-refractivity contribution is 6.06. The van der Waals surface area contributed by atoms with E-state index in [1.807, 2.05) is 0 Å². The van der Waals surface area contributed by atoms with Crippen molar-refractivity contribution < 1.29 is 63.5 Å². The summed E-state index contributed by atoms with van der Waals surface area (Å²) in [6.07, 6.45) is -8.76. The lowest BCUT2D eigenvalue weighted by Gasteiger charge is -2.44. The summed E-state index contributed by atoms with van der Waals surface area (Å²) >= 11 is 0. The zero-order chi connectivity index (χ0) is 29.9. The molecule has 228 valence electrons. The Hall–Kier alpha value is -3.17. The van der Waals surface area contributed by atoms with Gasteiger partial charge in [0, 0.05) is 23.6 Å². The maximum absolute atomic E-state index is 13.9. The zero-order valence-electron chi connectivity index (χ0n) is 23.3. The number of aliphatic hydroxyl groups excluding tert-OH is 5. The Morgan fingerprint density at radius 3 is 2.40 bits per heavy atom. The number of fused-ring (bicyclic) bond motifs is 6. The molecule has 2 aromatic carbocycles. The molecule has 0 spiro atoms. The van der Waals surface area contributed by atoms with E-state index in [1.165, 1.54) is 14.2 Å². The maximum Gasteiger partial charge on any atom is 0.187 e. The first-order chi connectivity index (χ1) is 20.1. The Labute approximate surface area is 241 Å². The molecule has 42 heavy (non-hydrogen) atoms. The predicted octanol–water partition coefficient (Wildman–Crippen LogP) is -0.305. The molecule has 2 aromatic rings. The summed E-state index contributed by atoms with van der Waals surface area (Å²) < 4.78 is 40.8. The van der Waals surface area contributed by atoms with Gasteiger partial charge in [-0.3, -0.25) is 4.79 Å². The van der Waals surface area contributed by atoms with Crippen molar-refractivity contribution in [1.29, 1.82) is 0 Å². The second kappa shape index (κ2) is 10.8. The van der Waals surface area contributed by atoms with E-state index in [9.17, 15) is 30.3 Å². The van der Waals surface area contributed by atoms with Crippen LogP contribution in [-0.2, 0) is 15.9 Å². The molecule has 6 unspecified atom stereocenters. The third kappa shape index (κ3) is 4.47. The maximum atomic E-state index is 13.9. The number of ketones is 1. The van der Waals surface area contributed by atoms with Crippen LogP contribution in [0.3, 0.4) is 0 Å². The van der Waals surface area contributed by atoms with Crippen molar-refractivity contribution in [3.05, 3.63) is 41.0 Å². The van der Waals surface area contributed by atoms with Crippen LogP contribution in [0.15, 0.2) is 24.3 Å². The Kier molecular flexibility index (Phi) is 7.46.